The van der Waals surface area contributed by atoms with Crippen LogP contribution in [0.1, 0.15) is 5.56 Å². The molecular formula is C15H17FN4. The fourth-order valence-electron chi connectivity index (χ4n) is 1.75. The number of nitrogens with one attached hydrogen (secondary N) is 1. The van der Waals surface area contributed by atoms with Crippen molar-refractivity contribution >= 4 is 28.8 Å². The SMILES string of the molecule is Nc1ccc(N)c(/C=C/CNc2ccc(F)c(N)c2)c1. The quantitative estimate of drug-likeness (QED) is 0.644. The Morgan fingerprint density at radius 2 is 1.80 bits per heavy atom. The van der Waals surface area contributed by atoms with Gasteiger partial charge in [-0.15, -0.1) is 0 Å². The van der Waals surface area contributed by atoms with E-state index < -0.39 is 5.82 Å². The molecule has 2 aromatic carbocycles. The minimum absolute atomic E-state index is 0.124. The van der Waals surface area contributed by atoms with Crippen LogP contribution in [0.4, 0.5) is 27.1 Å². The minimum atomic E-state index is -0.418. The summed E-state index contributed by atoms with van der Waals surface area (Å²) >= 11 is 0. The molecule has 4 nitrogen and oxygen atoms in total. The van der Waals surface area contributed by atoms with Gasteiger partial charge in [0.1, 0.15) is 5.82 Å². The van der Waals surface area contributed by atoms with E-state index in [4.69, 9.17) is 17.2 Å². The number of anilines is 4. The van der Waals surface area contributed by atoms with Crippen molar-refractivity contribution in [1.82, 2.24) is 0 Å². The summed E-state index contributed by atoms with van der Waals surface area (Å²) in [6.45, 7) is 0.569. The molecule has 2 rings (SSSR count). The lowest BCUT2D eigenvalue weighted by Gasteiger charge is -2.05. The van der Waals surface area contributed by atoms with Crippen molar-refractivity contribution in [3.05, 3.63) is 53.9 Å². The Kier molecular flexibility index (Phi) is 4.10. The van der Waals surface area contributed by atoms with Crippen LogP contribution in [-0.2, 0) is 0 Å². The highest BCUT2D eigenvalue weighted by Gasteiger charge is 1.98. The predicted octanol–water partition coefficient (Wildman–Crippen LogP) is 2.70. The highest BCUT2D eigenvalue weighted by Crippen LogP contribution is 2.18. The molecule has 0 saturated heterocycles. The number of hydrogen-bond donors (Lipinski definition) is 4. The summed E-state index contributed by atoms with van der Waals surface area (Å²) in [6, 6.07) is 9.85. The van der Waals surface area contributed by atoms with Crippen molar-refractivity contribution in [2.75, 3.05) is 29.1 Å². The molecule has 0 bridgehead atoms. The normalized spacial score (nSPS) is 10.8. The van der Waals surface area contributed by atoms with Crippen LogP contribution in [0.3, 0.4) is 0 Å². The Balaban J connectivity index is 1.96. The van der Waals surface area contributed by atoms with E-state index >= 15 is 0 Å². The predicted molar refractivity (Wildman–Crippen MR) is 83.6 cm³/mol. The molecule has 20 heavy (non-hydrogen) atoms. The molecule has 104 valence electrons. The van der Waals surface area contributed by atoms with Gasteiger partial charge >= 0.3 is 0 Å². The summed E-state index contributed by atoms with van der Waals surface area (Å²) in [7, 11) is 0. The second-order valence-corrected chi connectivity index (χ2v) is 4.41. The van der Waals surface area contributed by atoms with Gasteiger partial charge in [-0.1, -0.05) is 12.2 Å². The van der Waals surface area contributed by atoms with Gasteiger partial charge in [0.15, 0.2) is 0 Å². The fourth-order valence-corrected chi connectivity index (χ4v) is 1.75. The maximum atomic E-state index is 13.0. The molecule has 0 spiro atoms. The zero-order valence-corrected chi connectivity index (χ0v) is 10.9. The number of nitrogens with two attached hydrogens (primary N) is 3. The summed E-state index contributed by atoms with van der Waals surface area (Å²) in [4.78, 5) is 0. The van der Waals surface area contributed by atoms with Crippen LogP contribution in [0, 0.1) is 5.82 Å². The molecular weight excluding hydrogens is 255 g/mol. The van der Waals surface area contributed by atoms with Gasteiger partial charge in [-0.2, -0.15) is 0 Å². The molecule has 0 atom stereocenters. The minimum Gasteiger partial charge on any atom is -0.399 e. The lowest BCUT2D eigenvalue weighted by molar-refractivity contribution is 0.632. The third-order valence-corrected chi connectivity index (χ3v) is 2.83. The zero-order valence-electron chi connectivity index (χ0n) is 10.9. The van der Waals surface area contributed by atoms with Gasteiger partial charge in [0.2, 0.25) is 0 Å². The van der Waals surface area contributed by atoms with Crippen LogP contribution >= 0.6 is 0 Å². The maximum Gasteiger partial charge on any atom is 0.146 e. The molecule has 0 amide bonds. The Morgan fingerprint density at radius 3 is 2.55 bits per heavy atom. The lowest BCUT2D eigenvalue weighted by atomic mass is 10.1. The summed E-state index contributed by atoms with van der Waals surface area (Å²) in [5, 5.41) is 3.11. The van der Waals surface area contributed by atoms with E-state index in [1.165, 1.54) is 6.07 Å². The molecule has 0 radical (unpaired) electrons. The van der Waals surface area contributed by atoms with Gasteiger partial charge in [0.05, 0.1) is 5.69 Å². The average Bonchev–Trinajstić information content (AvgIpc) is 2.42. The van der Waals surface area contributed by atoms with E-state index in [-0.39, 0.29) is 5.69 Å². The molecule has 0 heterocycles. The molecule has 0 fully saturated rings. The van der Waals surface area contributed by atoms with Crippen molar-refractivity contribution < 1.29 is 4.39 Å². The van der Waals surface area contributed by atoms with Gasteiger partial charge in [0, 0.05) is 23.6 Å². The molecule has 0 aliphatic carbocycles. The summed E-state index contributed by atoms with van der Waals surface area (Å²) in [6.07, 6.45) is 3.79. The molecule has 0 unspecified atom stereocenters. The second-order valence-electron chi connectivity index (χ2n) is 4.41. The lowest BCUT2D eigenvalue weighted by Crippen LogP contribution is -2.00. The smallest absolute Gasteiger partial charge is 0.146 e. The van der Waals surface area contributed by atoms with Gasteiger partial charge in [-0.05, 0) is 42.0 Å². The zero-order chi connectivity index (χ0) is 14.5. The molecule has 2 aromatic rings. The molecule has 7 N–H and O–H groups in total. The van der Waals surface area contributed by atoms with Crippen LogP contribution in [-0.4, -0.2) is 6.54 Å². The molecule has 0 aromatic heterocycles. The fraction of sp³-hybridized carbons (Fsp3) is 0.0667. The van der Waals surface area contributed by atoms with E-state index in [1.807, 2.05) is 18.2 Å². The monoisotopic (exact) mass is 272 g/mol. The van der Waals surface area contributed by atoms with Crippen LogP contribution in [0.2, 0.25) is 0 Å². The Hall–Kier alpha value is -2.69. The van der Waals surface area contributed by atoms with Crippen LogP contribution in [0.25, 0.3) is 6.08 Å². The first-order valence-corrected chi connectivity index (χ1v) is 6.16. The van der Waals surface area contributed by atoms with Crippen molar-refractivity contribution in [1.29, 1.82) is 0 Å². The summed E-state index contributed by atoms with van der Waals surface area (Å²) in [5.74, 6) is -0.418. The van der Waals surface area contributed by atoms with E-state index in [9.17, 15) is 4.39 Å². The van der Waals surface area contributed by atoms with Crippen molar-refractivity contribution in [2.24, 2.45) is 0 Å². The van der Waals surface area contributed by atoms with Gasteiger partial charge in [-0.3, -0.25) is 0 Å². The van der Waals surface area contributed by atoms with Gasteiger partial charge in [0.25, 0.3) is 0 Å². The van der Waals surface area contributed by atoms with E-state index in [0.717, 1.165) is 11.3 Å². The average molecular weight is 272 g/mol. The van der Waals surface area contributed by atoms with Gasteiger partial charge < -0.3 is 22.5 Å². The highest BCUT2D eigenvalue weighted by atomic mass is 19.1. The van der Waals surface area contributed by atoms with Crippen molar-refractivity contribution in [3.63, 3.8) is 0 Å². The Morgan fingerprint density at radius 1 is 1.00 bits per heavy atom. The second kappa shape index (κ2) is 5.97. The summed E-state index contributed by atoms with van der Waals surface area (Å²) < 4.78 is 13.0. The number of benzene rings is 2. The van der Waals surface area contributed by atoms with Crippen molar-refractivity contribution in [2.45, 2.75) is 0 Å². The molecule has 5 heteroatoms. The molecule has 0 saturated carbocycles. The number of hydrogen-bond acceptors (Lipinski definition) is 4. The van der Waals surface area contributed by atoms with E-state index in [1.54, 1.807) is 24.3 Å². The molecule has 0 aliphatic rings. The standard InChI is InChI=1S/C15H17FN4/c16-13-5-4-12(9-15(13)19)20-7-1-2-10-8-11(17)3-6-14(10)18/h1-6,8-9,20H,7,17-19H2/b2-1+. The Labute approximate surface area is 117 Å². The first kappa shape index (κ1) is 13.7. The van der Waals surface area contributed by atoms with Crippen LogP contribution < -0.4 is 22.5 Å². The van der Waals surface area contributed by atoms with E-state index in [0.29, 0.717) is 17.9 Å². The third kappa shape index (κ3) is 3.41. The number of rotatable bonds is 4. The van der Waals surface area contributed by atoms with E-state index in [2.05, 4.69) is 5.32 Å². The first-order chi connectivity index (χ1) is 9.56. The largest absolute Gasteiger partial charge is 0.399 e. The Bertz CT molecular complexity index is 638. The van der Waals surface area contributed by atoms with Crippen LogP contribution in [0.15, 0.2) is 42.5 Å². The van der Waals surface area contributed by atoms with Crippen LogP contribution in [0.5, 0.6) is 0 Å². The number of nitrogen functional groups attached to an aromatic ring is 3. The summed E-state index contributed by atoms with van der Waals surface area (Å²) in [5.41, 5.74) is 20.1. The van der Waals surface area contributed by atoms with Gasteiger partial charge in [-0.25, -0.2) is 4.39 Å². The maximum absolute atomic E-state index is 13.0. The van der Waals surface area contributed by atoms with Crippen molar-refractivity contribution in [3.8, 4) is 0 Å². The topological polar surface area (TPSA) is 90.1 Å². The number of halogens is 1. The molecule has 0 aliphatic heterocycles. The first-order valence-electron chi connectivity index (χ1n) is 6.16. The third-order valence-electron chi connectivity index (χ3n) is 2.83. The highest BCUT2D eigenvalue weighted by molar-refractivity contribution is 5.68.